The van der Waals surface area contributed by atoms with E-state index in [9.17, 15) is 19.5 Å². The lowest BCUT2D eigenvalue weighted by atomic mass is 9.83. The Morgan fingerprint density at radius 3 is 2.55 bits per heavy atom. The number of nitrogens with one attached hydrogen (secondary N) is 2. The Hall–Kier alpha value is -3.23. The highest BCUT2D eigenvalue weighted by molar-refractivity contribution is 6.05. The van der Waals surface area contributed by atoms with E-state index in [4.69, 9.17) is 4.74 Å². The number of piperidine rings is 2. The number of carbonyl (C=O) groups is 3. The SMILES string of the molecule is O=C1CCC(N2Cc3c(ccc(C4(O)CCNCC4)c3OCc3ccccc3)C2=O)C(=O)N1. The number of aliphatic hydroxyl groups is 1. The maximum atomic E-state index is 13.2. The van der Waals surface area contributed by atoms with Gasteiger partial charge in [0.15, 0.2) is 0 Å². The molecule has 8 heteroatoms. The highest BCUT2D eigenvalue weighted by atomic mass is 16.5. The number of imide groups is 1. The molecule has 0 spiro atoms. The van der Waals surface area contributed by atoms with Crippen LogP contribution < -0.4 is 15.4 Å². The molecule has 8 nitrogen and oxygen atoms in total. The molecule has 0 radical (unpaired) electrons. The summed E-state index contributed by atoms with van der Waals surface area (Å²) in [4.78, 5) is 38.8. The van der Waals surface area contributed by atoms with Crippen LogP contribution in [0.5, 0.6) is 5.75 Å². The first-order valence-corrected chi connectivity index (χ1v) is 11.4. The maximum Gasteiger partial charge on any atom is 0.255 e. The first kappa shape index (κ1) is 21.6. The van der Waals surface area contributed by atoms with E-state index in [1.165, 1.54) is 4.90 Å². The number of hydrogen-bond donors (Lipinski definition) is 3. The molecule has 2 saturated heterocycles. The summed E-state index contributed by atoms with van der Waals surface area (Å²) in [6, 6.07) is 12.5. The summed E-state index contributed by atoms with van der Waals surface area (Å²) in [6.45, 7) is 1.87. The van der Waals surface area contributed by atoms with E-state index in [0.29, 0.717) is 61.4 Å². The van der Waals surface area contributed by atoms with Gasteiger partial charge in [-0.05, 0) is 44.0 Å². The summed E-state index contributed by atoms with van der Waals surface area (Å²) in [7, 11) is 0. The normalized spacial score (nSPS) is 22.2. The zero-order valence-electron chi connectivity index (χ0n) is 18.3. The van der Waals surface area contributed by atoms with E-state index in [2.05, 4.69) is 10.6 Å². The van der Waals surface area contributed by atoms with E-state index in [0.717, 1.165) is 5.56 Å². The summed E-state index contributed by atoms with van der Waals surface area (Å²) in [5.74, 6) is -0.504. The van der Waals surface area contributed by atoms with Crippen molar-refractivity contribution in [3.05, 3.63) is 64.7 Å². The molecule has 2 aromatic rings. The van der Waals surface area contributed by atoms with Gasteiger partial charge in [0, 0.05) is 23.1 Å². The molecule has 1 atom stereocenters. The molecule has 1 unspecified atom stereocenters. The largest absolute Gasteiger partial charge is 0.488 e. The number of amides is 3. The lowest BCUT2D eigenvalue weighted by Crippen LogP contribution is -2.52. The Kier molecular flexibility index (Phi) is 5.64. The summed E-state index contributed by atoms with van der Waals surface area (Å²) in [5, 5.41) is 17.1. The molecule has 0 aromatic heterocycles. The molecule has 172 valence electrons. The molecule has 3 aliphatic heterocycles. The first-order valence-electron chi connectivity index (χ1n) is 11.4. The number of fused-ring (bicyclic) bond motifs is 1. The van der Waals surface area contributed by atoms with E-state index in [1.54, 1.807) is 12.1 Å². The van der Waals surface area contributed by atoms with Crippen LogP contribution in [0.25, 0.3) is 0 Å². The van der Waals surface area contributed by atoms with Crippen molar-refractivity contribution in [3.63, 3.8) is 0 Å². The van der Waals surface area contributed by atoms with Gasteiger partial charge < -0.3 is 20.1 Å². The van der Waals surface area contributed by atoms with Crippen LogP contribution in [-0.2, 0) is 28.3 Å². The van der Waals surface area contributed by atoms with Crippen molar-refractivity contribution in [2.75, 3.05) is 13.1 Å². The molecule has 0 aliphatic carbocycles. The van der Waals surface area contributed by atoms with Crippen LogP contribution in [0.4, 0.5) is 0 Å². The predicted molar refractivity (Wildman–Crippen MR) is 119 cm³/mol. The predicted octanol–water partition coefficient (Wildman–Crippen LogP) is 1.60. The summed E-state index contributed by atoms with van der Waals surface area (Å²) in [5.41, 5.74) is 1.76. The van der Waals surface area contributed by atoms with Crippen LogP contribution in [0, 0.1) is 0 Å². The Morgan fingerprint density at radius 1 is 1.06 bits per heavy atom. The molecule has 2 fully saturated rings. The number of nitrogens with zero attached hydrogens (tertiary/aromatic N) is 1. The highest BCUT2D eigenvalue weighted by Crippen LogP contribution is 2.43. The van der Waals surface area contributed by atoms with Gasteiger partial charge in [0.1, 0.15) is 18.4 Å². The lowest BCUT2D eigenvalue weighted by Gasteiger charge is -2.34. The second-order valence-electron chi connectivity index (χ2n) is 8.92. The molecule has 3 N–H and O–H groups in total. The van der Waals surface area contributed by atoms with Crippen LogP contribution in [-0.4, -0.2) is 46.9 Å². The van der Waals surface area contributed by atoms with E-state index < -0.39 is 17.6 Å². The summed E-state index contributed by atoms with van der Waals surface area (Å²) in [6.07, 6.45) is 1.58. The third-order valence-corrected chi connectivity index (χ3v) is 6.82. The number of rotatable bonds is 5. The molecule has 2 aromatic carbocycles. The monoisotopic (exact) mass is 449 g/mol. The van der Waals surface area contributed by atoms with Crippen LogP contribution >= 0.6 is 0 Å². The lowest BCUT2D eigenvalue weighted by molar-refractivity contribution is -0.136. The fraction of sp³-hybridized carbons (Fsp3) is 0.400. The minimum absolute atomic E-state index is 0.200. The number of hydrogen-bond acceptors (Lipinski definition) is 6. The molecule has 33 heavy (non-hydrogen) atoms. The second-order valence-corrected chi connectivity index (χ2v) is 8.92. The Balaban J connectivity index is 1.51. The molecule has 3 aliphatic rings. The molecule has 3 heterocycles. The van der Waals surface area contributed by atoms with E-state index in [-0.39, 0.29) is 24.8 Å². The van der Waals surface area contributed by atoms with Gasteiger partial charge in [0.25, 0.3) is 5.91 Å². The van der Waals surface area contributed by atoms with Crippen molar-refractivity contribution >= 4 is 17.7 Å². The zero-order chi connectivity index (χ0) is 23.0. The van der Waals surface area contributed by atoms with Gasteiger partial charge >= 0.3 is 0 Å². The van der Waals surface area contributed by atoms with Crippen LogP contribution in [0.15, 0.2) is 42.5 Å². The van der Waals surface area contributed by atoms with Crippen molar-refractivity contribution in [2.45, 2.75) is 50.5 Å². The Labute approximate surface area is 191 Å². The maximum absolute atomic E-state index is 13.2. The van der Waals surface area contributed by atoms with Gasteiger partial charge in [-0.3, -0.25) is 19.7 Å². The van der Waals surface area contributed by atoms with Crippen molar-refractivity contribution in [3.8, 4) is 5.75 Å². The van der Waals surface area contributed by atoms with Gasteiger partial charge in [-0.2, -0.15) is 0 Å². The minimum atomic E-state index is -1.06. The molecular formula is C25H27N3O5. The third kappa shape index (κ3) is 4.00. The summed E-state index contributed by atoms with van der Waals surface area (Å²) >= 11 is 0. The van der Waals surface area contributed by atoms with Crippen molar-refractivity contribution in [1.82, 2.24) is 15.5 Å². The quantitative estimate of drug-likeness (QED) is 0.599. The standard InChI is InChI=1S/C25H27N3O5/c29-21-9-8-20(23(30)27-21)28-14-18-17(24(28)31)6-7-19(25(32)10-12-26-13-11-25)22(18)33-15-16-4-2-1-3-5-16/h1-7,20,26,32H,8-15H2,(H,27,29,30). The van der Waals surface area contributed by atoms with Gasteiger partial charge in [0.2, 0.25) is 11.8 Å². The summed E-state index contributed by atoms with van der Waals surface area (Å²) < 4.78 is 6.30. The van der Waals surface area contributed by atoms with Crippen molar-refractivity contribution in [2.24, 2.45) is 0 Å². The number of carbonyl (C=O) groups excluding carboxylic acids is 3. The Morgan fingerprint density at radius 2 is 1.82 bits per heavy atom. The molecule has 5 rings (SSSR count). The second kappa shape index (κ2) is 8.61. The van der Waals surface area contributed by atoms with Gasteiger partial charge in [-0.1, -0.05) is 36.4 Å². The third-order valence-electron chi connectivity index (χ3n) is 6.82. The minimum Gasteiger partial charge on any atom is -0.488 e. The average molecular weight is 450 g/mol. The topological polar surface area (TPSA) is 108 Å². The molecule has 0 bridgehead atoms. The van der Waals surface area contributed by atoms with Crippen molar-refractivity contribution < 1.29 is 24.2 Å². The van der Waals surface area contributed by atoms with Gasteiger partial charge in [0.05, 0.1) is 12.1 Å². The fourth-order valence-electron chi connectivity index (χ4n) is 4.98. The number of ether oxygens (including phenoxy) is 1. The van der Waals surface area contributed by atoms with E-state index in [1.807, 2.05) is 30.3 Å². The van der Waals surface area contributed by atoms with Gasteiger partial charge in [-0.25, -0.2) is 0 Å². The fourth-order valence-corrected chi connectivity index (χ4v) is 4.98. The Bertz CT molecular complexity index is 1090. The zero-order valence-corrected chi connectivity index (χ0v) is 18.3. The molecule has 3 amide bonds. The smallest absolute Gasteiger partial charge is 0.255 e. The van der Waals surface area contributed by atoms with Crippen LogP contribution in [0.3, 0.4) is 0 Å². The highest BCUT2D eigenvalue weighted by Gasteiger charge is 2.43. The number of benzene rings is 2. The average Bonchev–Trinajstić information content (AvgIpc) is 3.15. The molecular weight excluding hydrogens is 422 g/mol. The molecule has 0 saturated carbocycles. The van der Waals surface area contributed by atoms with Gasteiger partial charge in [-0.15, -0.1) is 0 Å². The van der Waals surface area contributed by atoms with Crippen LogP contribution in [0.1, 0.15) is 52.7 Å². The van der Waals surface area contributed by atoms with Crippen LogP contribution in [0.2, 0.25) is 0 Å². The first-order chi connectivity index (χ1) is 16.0. The van der Waals surface area contributed by atoms with E-state index >= 15 is 0 Å². The van der Waals surface area contributed by atoms with Crippen molar-refractivity contribution in [1.29, 1.82) is 0 Å².